The quantitative estimate of drug-likeness (QED) is 0.739. The molecule has 2 aliphatic heterocycles. The summed E-state index contributed by atoms with van der Waals surface area (Å²) in [4.78, 5) is 36.2. The van der Waals surface area contributed by atoms with Crippen molar-refractivity contribution in [3.05, 3.63) is 66.0 Å². The number of benzene rings is 1. The Morgan fingerprint density at radius 3 is 2.47 bits per heavy atom. The first kappa shape index (κ1) is 20.5. The van der Waals surface area contributed by atoms with Crippen LogP contribution in [0.3, 0.4) is 0 Å². The average Bonchev–Trinajstić information content (AvgIpc) is 2.80. The predicted molar refractivity (Wildman–Crippen MR) is 116 cm³/mol. The number of hydrogen-bond acceptors (Lipinski definition) is 4. The molecule has 0 spiro atoms. The predicted octanol–water partition coefficient (Wildman–Crippen LogP) is 2.35. The van der Waals surface area contributed by atoms with Gasteiger partial charge in [0, 0.05) is 57.6 Å². The first-order valence-electron chi connectivity index (χ1n) is 10.9. The Morgan fingerprint density at radius 1 is 0.967 bits per heavy atom. The number of likely N-dealkylation sites (tertiary alicyclic amines) is 1. The summed E-state index contributed by atoms with van der Waals surface area (Å²) in [6, 6.07) is 15.9. The normalized spacial score (nSPS) is 20.4. The van der Waals surface area contributed by atoms with Crippen LogP contribution >= 0.6 is 0 Å². The van der Waals surface area contributed by atoms with Crippen molar-refractivity contribution >= 4 is 11.8 Å². The zero-order chi connectivity index (χ0) is 20.8. The number of nitrogens with zero attached hydrogens (tertiary/aromatic N) is 4. The molecule has 4 rings (SSSR count). The molecule has 0 N–H and O–H groups in total. The molecule has 2 aromatic rings. The van der Waals surface area contributed by atoms with Crippen LogP contribution in [-0.2, 0) is 22.6 Å². The number of carbonyl (C=O) groups is 2. The topological polar surface area (TPSA) is 56.8 Å². The van der Waals surface area contributed by atoms with Gasteiger partial charge in [0.15, 0.2) is 0 Å². The number of carbonyl (C=O) groups excluding carboxylic acids is 2. The molecule has 158 valence electrons. The highest BCUT2D eigenvalue weighted by Gasteiger charge is 2.35. The third-order valence-electron chi connectivity index (χ3n) is 6.15. The Bertz CT molecular complexity index is 835. The van der Waals surface area contributed by atoms with E-state index in [-0.39, 0.29) is 17.9 Å². The van der Waals surface area contributed by atoms with Crippen molar-refractivity contribution in [2.45, 2.75) is 38.3 Å². The van der Waals surface area contributed by atoms with Gasteiger partial charge < -0.3 is 9.80 Å². The van der Waals surface area contributed by atoms with Crippen LogP contribution in [0.5, 0.6) is 0 Å². The lowest BCUT2D eigenvalue weighted by Gasteiger charge is -2.42. The minimum atomic E-state index is -0.0479. The molecule has 30 heavy (non-hydrogen) atoms. The second-order valence-corrected chi connectivity index (χ2v) is 8.14. The molecule has 1 aromatic carbocycles. The SMILES string of the molecule is O=C(CCc1ccccn1)N1CCN(C2CCCN(Cc3ccccc3)C2=O)CC1. The highest BCUT2D eigenvalue weighted by Crippen LogP contribution is 2.21. The summed E-state index contributed by atoms with van der Waals surface area (Å²) < 4.78 is 0. The van der Waals surface area contributed by atoms with E-state index in [1.807, 2.05) is 46.2 Å². The van der Waals surface area contributed by atoms with Crippen LogP contribution in [0.15, 0.2) is 54.7 Å². The smallest absolute Gasteiger partial charge is 0.240 e. The van der Waals surface area contributed by atoms with Crippen molar-refractivity contribution in [2.75, 3.05) is 32.7 Å². The highest BCUT2D eigenvalue weighted by molar-refractivity contribution is 5.82. The molecule has 1 atom stereocenters. The fourth-order valence-corrected chi connectivity index (χ4v) is 4.44. The fraction of sp³-hybridized carbons (Fsp3) is 0.458. The maximum Gasteiger partial charge on any atom is 0.240 e. The average molecular weight is 407 g/mol. The van der Waals surface area contributed by atoms with Crippen LogP contribution < -0.4 is 0 Å². The number of aromatic nitrogens is 1. The van der Waals surface area contributed by atoms with E-state index in [0.717, 1.165) is 38.2 Å². The van der Waals surface area contributed by atoms with Gasteiger partial charge in [-0.3, -0.25) is 19.5 Å². The first-order chi connectivity index (χ1) is 14.7. The van der Waals surface area contributed by atoms with Crippen LogP contribution in [0.1, 0.15) is 30.5 Å². The Hall–Kier alpha value is -2.73. The molecule has 0 aliphatic carbocycles. The Balaban J connectivity index is 1.27. The second kappa shape index (κ2) is 9.85. The summed E-state index contributed by atoms with van der Waals surface area (Å²) in [5, 5.41) is 0. The van der Waals surface area contributed by atoms with Gasteiger partial charge >= 0.3 is 0 Å². The second-order valence-electron chi connectivity index (χ2n) is 8.14. The van der Waals surface area contributed by atoms with Gasteiger partial charge in [0.1, 0.15) is 0 Å². The number of hydrogen-bond donors (Lipinski definition) is 0. The molecule has 2 amide bonds. The summed E-state index contributed by atoms with van der Waals surface area (Å²) >= 11 is 0. The fourth-order valence-electron chi connectivity index (χ4n) is 4.44. The first-order valence-corrected chi connectivity index (χ1v) is 10.9. The van der Waals surface area contributed by atoms with Crippen molar-refractivity contribution in [3.8, 4) is 0 Å². The number of amides is 2. The summed E-state index contributed by atoms with van der Waals surface area (Å²) in [7, 11) is 0. The van der Waals surface area contributed by atoms with E-state index in [1.165, 1.54) is 5.56 Å². The van der Waals surface area contributed by atoms with Gasteiger partial charge in [-0.1, -0.05) is 36.4 Å². The van der Waals surface area contributed by atoms with Crippen molar-refractivity contribution in [3.63, 3.8) is 0 Å². The maximum absolute atomic E-state index is 13.1. The van der Waals surface area contributed by atoms with Gasteiger partial charge in [-0.15, -0.1) is 0 Å². The lowest BCUT2D eigenvalue weighted by atomic mass is 10.0. The molecule has 2 aliphatic rings. The maximum atomic E-state index is 13.1. The van der Waals surface area contributed by atoms with Crippen LogP contribution in [0.4, 0.5) is 0 Å². The van der Waals surface area contributed by atoms with E-state index >= 15 is 0 Å². The van der Waals surface area contributed by atoms with Crippen LogP contribution in [-0.4, -0.2) is 70.3 Å². The molecule has 0 bridgehead atoms. The number of aryl methyl sites for hydroxylation is 1. The zero-order valence-electron chi connectivity index (χ0n) is 17.4. The van der Waals surface area contributed by atoms with E-state index in [9.17, 15) is 9.59 Å². The minimum Gasteiger partial charge on any atom is -0.340 e. The summed E-state index contributed by atoms with van der Waals surface area (Å²) in [5.41, 5.74) is 2.13. The molecule has 2 saturated heterocycles. The molecule has 0 radical (unpaired) electrons. The van der Waals surface area contributed by atoms with Gasteiger partial charge in [-0.05, 0) is 37.0 Å². The molecule has 1 aromatic heterocycles. The van der Waals surface area contributed by atoms with Gasteiger partial charge in [0.25, 0.3) is 0 Å². The Kier molecular flexibility index (Phi) is 6.74. The number of piperazine rings is 1. The van der Waals surface area contributed by atoms with Gasteiger partial charge in [-0.2, -0.15) is 0 Å². The molecule has 1 unspecified atom stereocenters. The highest BCUT2D eigenvalue weighted by atomic mass is 16.2. The van der Waals surface area contributed by atoms with Crippen molar-refractivity contribution in [1.82, 2.24) is 19.7 Å². The van der Waals surface area contributed by atoms with Gasteiger partial charge in [0.2, 0.25) is 11.8 Å². The standard InChI is InChI=1S/C24H30N4O2/c29-23(12-11-21-9-4-5-13-25-21)27-17-15-26(16-18-27)22-10-6-14-28(24(22)30)19-20-7-2-1-3-8-20/h1-5,7-9,13,22H,6,10-12,14-19H2. The van der Waals surface area contributed by atoms with E-state index in [1.54, 1.807) is 6.20 Å². The molecular weight excluding hydrogens is 376 g/mol. The summed E-state index contributed by atoms with van der Waals surface area (Å²) in [5.74, 6) is 0.418. The minimum absolute atomic E-state index is 0.0479. The molecule has 2 fully saturated rings. The monoisotopic (exact) mass is 406 g/mol. The molecule has 3 heterocycles. The number of rotatable bonds is 6. The van der Waals surface area contributed by atoms with E-state index in [2.05, 4.69) is 22.0 Å². The summed E-state index contributed by atoms with van der Waals surface area (Å²) in [6.45, 7) is 4.45. The lowest BCUT2D eigenvalue weighted by Crippen LogP contribution is -2.58. The third-order valence-corrected chi connectivity index (χ3v) is 6.15. The van der Waals surface area contributed by atoms with Crippen LogP contribution in [0.2, 0.25) is 0 Å². The molecule has 6 heteroatoms. The largest absolute Gasteiger partial charge is 0.340 e. The number of pyridine rings is 1. The molecular formula is C24H30N4O2. The Labute approximate surface area is 178 Å². The van der Waals surface area contributed by atoms with Crippen LogP contribution in [0.25, 0.3) is 0 Å². The third kappa shape index (κ3) is 5.05. The van der Waals surface area contributed by atoms with E-state index in [0.29, 0.717) is 32.5 Å². The Morgan fingerprint density at radius 2 is 1.73 bits per heavy atom. The zero-order valence-corrected chi connectivity index (χ0v) is 17.4. The van der Waals surface area contributed by atoms with Crippen LogP contribution in [0, 0.1) is 0 Å². The van der Waals surface area contributed by atoms with Crippen molar-refractivity contribution < 1.29 is 9.59 Å². The van der Waals surface area contributed by atoms with E-state index < -0.39 is 0 Å². The van der Waals surface area contributed by atoms with Crippen molar-refractivity contribution in [2.24, 2.45) is 0 Å². The summed E-state index contributed by atoms with van der Waals surface area (Å²) in [6.07, 6.45) is 4.88. The van der Waals surface area contributed by atoms with Gasteiger partial charge in [0.05, 0.1) is 6.04 Å². The molecule has 6 nitrogen and oxygen atoms in total. The lowest BCUT2D eigenvalue weighted by molar-refractivity contribution is -0.143. The van der Waals surface area contributed by atoms with Crippen molar-refractivity contribution in [1.29, 1.82) is 0 Å². The molecule has 0 saturated carbocycles. The van der Waals surface area contributed by atoms with E-state index in [4.69, 9.17) is 0 Å². The number of piperidine rings is 1. The van der Waals surface area contributed by atoms with Gasteiger partial charge in [-0.25, -0.2) is 0 Å².